The van der Waals surface area contributed by atoms with Crippen molar-refractivity contribution in [1.29, 1.82) is 0 Å². The summed E-state index contributed by atoms with van der Waals surface area (Å²) in [5, 5.41) is 3.73. The Morgan fingerprint density at radius 2 is 1.93 bits per heavy atom. The van der Waals surface area contributed by atoms with Crippen LogP contribution < -0.4 is 20.4 Å². The van der Waals surface area contributed by atoms with Crippen LogP contribution in [0.15, 0.2) is 47.4 Å². The summed E-state index contributed by atoms with van der Waals surface area (Å²) in [5.41, 5.74) is 2.63. The second kappa shape index (κ2) is 7.19. The maximum atomic E-state index is 15.1. The molecule has 3 aromatic rings. The van der Waals surface area contributed by atoms with Crippen molar-refractivity contribution in [3.05, 3.63) is 58.6 Å². The van der Waals surface area contributed by atoms with E-state index in [4.69, 9.17) is 4.74 Å². The van der Waals surface area contributed by atoms with Crippen molar-refractivity contribution in [2.24, 2.45) is 0 Å². The second-order valence-electron chi connectivity index (χ2n) is 7.80. The van der Waals surface area contributed by atoms with E-state index in [0.29, 0.717) is 28.4 Å². The Morgan fingerprint density at radius 3 is 2.66 bits per heavy atom. The van der Waals surface area contributed by atoms with Gasteiger partial charge in [-0.05, 0) is 42.7 Å². The Labute approximate surface area is 168 Å². The topological polar surface area (TPSA) is 46.5 Å². The highest BCUT2D eigenvalue weighted by Crippen LogP contribution is 2.39. The summed E-state index contributed by atoms with van der Waals surface area (Å²) >= 11 is 0. The van der Waals surface area contributed by atoms with Crippen molar-refractivity contribution in [3.63, 3.8) is 0 Å². The highest BCUT2D eigenvalue weighted by atomic mass is 19.1. The molecule has 0 amide bonds. The number of fused-ring (bicyclic) bond motifs is 1. The van der Waals surface area contributed by atoms with Gasteiger partial charge >= 0.3 is 0 Å². The van der Waals surface area contributed by atoms with Gasteiger partial charge in [-0.2, -0.15) is 0 Å². The van der Waals surface area contributed by atoms with E-state index in [9.17, 15) is 4.79 Å². The largest absolute Gasteiger partial charge is 0.497 e. The molecule has 0 radical (unpaired) electrons. The highest BCUT2D eigenvalue weighted by Gasteiger charge is 2.27. The lowest BCUT2D eigenvalue weighted by atomic mass is 10.0. The predicted octanol–water partition coefficient (Wildman–Crippen LogP) is 3.56. The van der Waals surface area contributed by atoms with Gasteiger partial charge in [-0.1, -0.05) is 12.1 Å². The molecule has 1 N–H and O–H groups in total. The summed E-state index contributed by atoms with van der Waals surface area (Å²) < 4.78 is 22.5. The Bertz CT molecular complexity index is 1130. The number of nitrogens with zero attached hydrogens (tertiary/aromatic N) is 2. The number of piperazine rings is 1. The van der Waals surface area contributed by atoms with Crippen LogP contribution in [0.2, 0.25) is 0 Å². The molecule has 5 nitrogen and oxygen atoms in total. The lowest BCUT2D eigenvalue weighted by Gasteiger charge is -2.30. The molecule has 2 fully saturated rings. The van der Waals surface area contributed by atoms with Gasteiger partial charge in [-0.15, -0.1) is 0 Å². The van der Waals surface area contributed by atoms with Crippen LogP contribution in [0.1, 0.15) is 18.9 Å². The van der Waals surface area contributed by atoms with Crippen LogP contribution in [0, 0.1) is 5.82 Å². The first-order chi connectivity index (χ1) is 14.2. The van der Waals surface area contributed by atoms with E-state index in [-0.39, 0.29) is 11.2 Å². The Morgan fingerprint density at radius 1 is 1.14 bits per heavy atom. The van der Waals surface area contributed by atoms with Crippen molar-refractivity contribution >= 4 is 16.6 Å². The molecule has 1 aliphatic heterocycles. The van der Waals surface area contributed by atoms with Gasteiger partial charge in [0, 0.05) is 49.4 Å². The summed E-state index contributed by atoms with van der Waals surface area (Å²) in [6.07, 6.45) is 4.10. The fourth-order valence-corrected chi connectivity index (χ4v) is 4.16. The Balaban J connectivity index is 1.71. The van der Waals surface area contributed by atoms with E-state index in [1.807, 2.05) is 36.5 Å². The van der Waals surface area contributed by atoms with Gasteiger partial charge in [0.1, 0.15) is 11.6 Å². The molecule has 0 bridgehead atoms. The molecule has 29 heavy (non-hydrogen) atoms. The monoisotopic (exact) mass is 393 g/mol. The number of hydrogen-bond acceptors (Lipinski definition) is 4. The summed E-state index contributed by atoms with van der Waals surface area (Å²) in [5.74, 6) is 0.363. The van der Waals surface area contributed by atoms with E-state index in [0.717, 1.165) is 50.1 Å². The lowest BCUT2D eigenvalue weighted by molar-refractivity contribution is 0.415. The third-order valence-electron chi connectivity index (χ3n) is 5.88. The summed E-state index contributed by atoms with van der Waals surface area (Å²) in [4.78, 5) is 15.4. The molecule has 0 unspecified atom stereocenters. The van der Waals surface area contributed by atoms with Crippen LogP contribution >= 0.6 is 0 Å². The number of anilines is 1. The van der Waals surface area contributed by atoms with E-state index in [2.05, 4.69) is 14.8 Å². The maximum absolute atomic E-state index is 15.1. The minimum atomic E-state index is -0.332. The first kappa shape index (κ1) is 18.2. The molecular formula is C23H24FN3O2. The number of nitrogens with one attached hydrogen (secondary N) is 1. The molecule has 1 saturated heterocycles. The minimum Gasteiger partial charge on any atom is -0.497 e. The number of rotatable bonds is 4. The molecule has 2 aliphatic rings. The second-order valence-corrected chi connectivity index (χ2v) is 7.80. The molecule has 0 spiro atoms. The van der Waals surface area contributed by atoms with Gasteiger partial charge < -0.3 is 19.5 Å². The Hall–Kier alpha value is -2.86. The highest BCUT2D eigenvalue weighted by molar-refractivity contribution is 5.87. The number of hydrogen-bond donors (Lipinski definition) is 1. The third kappa shape index (κ3) is 3.27. The molecule has 5 rings (SSSR count). The average Bonchev–Trinajstić information content (AvgIpc) is 3.60. The van der Waals surface area contributed by atoms with Crippen molar-refractivity contribution in [2.45, 2.75) is 18.9 Å². The molecule has 2 heterocycles. The van der Waals surface area contributed by atoms with Crippen LogP contribution in [0.5, 0.6) is 5.75 Å². The van der Waals surface area contributed by atoms with Crippen LogP contribution in [0.3, 0.4) is 0 Å². The molecular weight excluding hydrogens is 369 g/mol. The molecule has 1 saturated carbocycles. The van der Waals surface area contributed by atoms with Gasteiger partial charge in [0.25, 0.3) is 0 Å². The third-order valence-corrected chi connectivity index (χ3v) is 5.88. The van der Waals surface area contributed by atoms with Gasteiger partial charge in [0.2, 0.25) is 0 Å². The van der Waals surface area contributed by atoms with Gasteiger partial charge in [-0.25, -0.2) is 4.39 Å². The number of halogens is 1. The van der Waals surface area contributed by atoms with Crippen LogP contribution in [-0.2, 0) is 0 Å². The Kier molecular flexibility index (Phi) is 4.51. The first-order valence-corrected chi connectivity index (χ1v) is 10.1. The van der Waals surface area contributed by atoms with Crippen molar-refractivity contribution in [1.82, 2.24) is 9.88 Å². The van der Waals surface area contributed by atoms with E-state index in [1.165, 1.54) is 6.07 Å². The fraction of sp³-hybridized carbons (Fsp3) is 0.348. The zero-order chi connectivity index (χ0) is 20.0. The van der Waals surface area contributed by atoms with Gasteiger partial charge in [0.05, 0.1) is 18.3 Å². The molecule has 6 heteroatoms. The van der Waals surface area contributed by atoms with Crippen LogP contribution in [0.25, 0.3) is 22.0 Å². The predicted molar refractivity (Wildman–Crippen MR) is 114 cm³/mol. The summed E-state index contributed by atoms with van der Waals surface area (Å²) in [6, 6.07) is 11.1. The van der Waals surface area contributed by atoms with Gasteiger partial charge in [-0.3, -0.25) is 4.79 Å². The summed E-state index contributed by atoms with van der Waals surface area (Å²) in [7, 11) is 1.61. The molecule has 2 aromatic carbocycles. The molecule has 1 aliphatic carbocycles. The van der Waals surface area contributed by atoms with Crippen molar-refractivity contribution in [2.75, 3.05) is 38.2 Å². The zero-order valence-electron chi connectivity index (χ0n) is 16.5. The van der Waals surface area contributed by atoms with E-state index < -0.39 is 0 Å². The van der Waals surface area contributed by atoms with E-state index >= 15 is 4.39 Å². The number of benzene rings is 2. The maximum Gasteiger partial charge on any atom is 0.197 e. The van der Waals surface area contributed by atoms with Crippen LogP contribution in [-0.4, -0.2) is 37.9 Å². The van der Waals surface area contributed by atoms with Crippen molar-refractivity contribution in [3.8, 4) is 16.9 Å². The smallest absolute Gasteiger partial charge is 0.197 e. The molecule has 150 valence electrons. The SMILES string of the molecule is COc1cccc(-c2cn(C3CC3)c3cc(N4CCNCC4)c(F)cc3c2=O)c1. The number of ether oxygens (including phenoxy) is 1. The summed E-state index contributed by atoms with van der Waals surface area (Å²) in [6.45, 7) is 3.19. The minimum absolute atomic E-state index is 0.143. The van der Waals surface area contributed by atoms with Gasteiger partial charge in [0.15, 0.2) is 5.43 Å². The molecule has 0 atom stereocenters. The number of methoxy groups -OCH3 is 1. The quantitative estimate of drug-likeness (QED) is 0.736. The van der Waals surface area contributed by atoms with Crippen molar-refractivity contribution < 1.29 is 9.13 Å². The standard InChI is InChI=1S/C23H24FN3O2/c1-29-17-4-2-3-15(11-17)19-14-27(16-5-6-16)21-13-22(26-9-7-25-8-10-26)20(24)12-18(21)23(19)28/h2-4,11-14,16,25H,5-10H2,1H3. The fourth-order valence-electron chi connectivity index (χ4n) is 4.16. The van der Waals surface area contributed by atoms with Crippen LogP contribution in [0.4, 0.5) is 10.1 Å². The zero-order valence-corrected chi connectivity index (χ0v) is 16.5. The lowest BCUT2D eigenvalue weighted by Crippen LogP contribution is -2.43. The number of pyridine rings is 1. The number of aromatic nitrogens is 1. The van der Waals surface area contributed by atoms with E-state index in [1.54, 1.807) is 7.11 Å². The average molecular weight is 393 g/mol. The normalized spacial score (nSPS) is 17.0. The molecule has 1 aromatic heterocycles. The first-order valence-electron chi connectivity index (χ1n) is 10.1.